The predicted molar refractivity (Wildman–Crippen MR) is 128 cm³/mol. The molecule has 3 aromatic rings. The number of likely N-dealkylation sites (tertiary alicyclic amines) is 1. The van der Waals surface area contributed by atoms with Crippen LogP contribution in [-0.4, -0.2) is 17.9 Å². The Balaban J connectivity index is 1.61. The van der Waals surface area contributed by atoms with Crippen molar-refractivity contribution in [3.05, 3.63) is 102 Å². The van der Waals surface area contributed by atoms with Gasteiger partial charge in [-0.05, 0) is 46.7 Å². The van der Waals surface area contributed by atoms with E-state index in [9.17, 15) is 4.79 Å². The Morgan fingerprint density at radius 2 is 1.66 bits per heavy atom. The summed E-state index contributed by atoms with van der Waals surface area (Å²) in [6.45, 7) is 2.85. The van der Waals surface area contributed by atoms with E-state index in [0.29, 0.717) is 12.5 Å². The van der Waals surface area contributed by atoms with Crippen LogP contribution in [0.25, 0.3) is 11.1 Å². The second-order valence-corrected chi connectivity index (χ2v) is 8.96. The van der Waals surface area contributed by atoms with Crippen LogP contribution >= 0.6 is 0 Å². The van der Waals surface area contributed by atoms with E-state index in [-0.39, 0.29) is 23.8 Å². The summed E-state index contributed by atoms with van der Waals surface area (Å²) in [5, 5.41) is 0. The van der Waals surface area contributed by atoms with Crippen molar-refractivity contribution in [1.82, 2.24) is 4.90 Å². The van der Waals surface area contributed by atoms with Crippen LogP contribution in [0.15, 0.2) is 91.0 Å². The molecule has 0 aromatic heterocycles. The van der Waals surface area contributed by atoms with Gasteiger partial charge in [0.15, 0.2) is 0 Å². The van der Waals surface area contributed by atoms with Crippen molar-refractivity contribution in [1.29, 1.82) is 0 Å². The molecule has 1 fully saturated rings. The minimum atomic E-state index is 0.0185. The molecule has 1 aliphatic carbocycles. The van der Waals surface area contributed by atoms with E-state index in [1.807, 2.05) is 30.3 Å². The van der Waals surface area contributed by atoms with E-state index in [0.717, 1.165) is 17.7 Å². The minimum absolute atomic E-state index is 0.0185. The molecular weight excluding hydrogens is 394 g/mol. The highest BCUT2D eigenvalue weighted by Crippen LogP contribution is 2.50. The highest BCUT2D eigenvalue weighted by Gasteiger charge is 2.50. The first kappa shape index (κ1) is 20.6. The summed E-state index contributed by atoms with van der Waals surface area (Å²) in [5.74, 6) is 1.71. The number of carbonyl (C=O) groups is 1. The highest BCUT2D eigenvalue weighted by atomic mass is 16.5. The fraction of sp³-hybridized carbons (Fsp3) is 0.276. The molecule has 1 heterocycles. The molecule has 3 nitrogen and oxygen atoms in total. The number of carbonyl (C=O) groups excluding carboxylic acids is 1. The predicted octanol–water partition coefficient (Wildman–Crippen LogP) is 6.27. The summed E-state index contributed by atoms with van der Waals surface area (Å²) < 4.78 is 5.35. The molecule has 3 heteroatoms. The van der Waals surface area contributed by atoms with Crippen molar-refractivity contribution in [2.45, 2.75) is 25.9 Å². The summed E-state index contributed by atoms with van der Waals surface area (Å²) in [4.78, 5) is 15.9. The van der Waals surface area contributed by atoms with Gasteiger partial charge in [-0.2, -0.15) is 0 Å². The van der Waals surface area contributed by atoms with Gasteiger partial charge in [0.2, 0.25) is 5.91 Å². The Bertz CT molecular complexity index is 1120. The van der Waals surface area contributed by atoms with E-state index < -0.39 is 0 Å². The van der Waals surface area contributed by atoms with Gasteiger partial charge in [-0.15, -0.1) is 0 Å². The van der Waals surface area contributed by atoms with Gasteiger partial charge in [-0.3, -0.25) is 4.79 Å². The fourth-order valence-electron chi connectivity index (χ4n) is 5.46. The number of fused-ring (bicyclic) bond motifs is 1. The topological polar surface area (TPSA) is 29.5 Å². The quantitative estimate of drug-likeness (QED) is 0.452. The van der Waals surface area contributed by atoms with E-state index >= 15 is 0 Å². The largest absolute Gasteiger partial charge is 0.497 e. The van der Waals surface area contributed by atoms with Gasteiger partial charge in [0.05, 0.1) is 13.2 Å². The molecule has 3 aromatic carbocycles. The molecule has 1 saturated heterocycles. The van der Waals surface area contributed by atoms with Gasteiger partial charge in [0, 0.05) is 18.4 Å². The molecule has 1 amide bonds. The average molecular weight is 424 g/mol. The first-order valence-electron chi connectivity index (χ1n) is 11.4. The Morgan fingerprint density at radius 3 is 2.41 bits per heavy atom. The molecule has 2 aliphatic rings. The SMILES string of the molecule is COc1ccc(-c2ccccc2[C@H]2[C@@H]3C=CC[C@@H](C)[C@@H]3C(=O)N2Cc2ccccc2)cc1. The van der Waals surface area contributed by atoms with Crippen LogP contribution < -0.4 is 4.74 Å². The first-order chi connectivity index (χ1) is 15.7. The maximum absolute atomic E-state index is 13.7. The van der Waals surface area contributed by atoms with Crippen molar-refractivity contribution < 1.29 is 9.53 Å². The normalized spacial score (nSPS) is 24.4. The number of allylic oxidation sites excluding steroid dienone is 1. The van der Waals surface area contributed by atoms with Crippen molar-refractivity contribution in [2.24, 2.45) is 17.8 Å². The summed E-state index contributed by atoms with van der Waals surface area (Å²) in [6.07, 6.45) is 5.54. The Kier molecular flexibility index (Phi) is 5.57. The van der Waals surface area contributed by atoms with Crippen molar-refractivity contribution in [3.63, 3.8) is 0 Å². The zero-order chi connectivity index (χ0) is 22.1. The molecule has 5 rings (SSSR count). The van der Waals surface area contributed by atoms with E-state index in [2.05, 4.69) is 72.5 Å². The lowest BCUT2D eigenvalue weighted by Gasteiger charge is -2.31. The van der Waals surface area contributed by atoms with Crippen LogP contribution in [0.1, 0.15) is 30.5 Å². The third kappa shape index (κ3) is 3.62. The maximum Gasteiger partial charge on any atom is 0.227 e. The number of nitrogens with zero attached hydrogens (tertiary/aromatic N) is 1. The van der Waals surface area contributed by atoms with E-state index in [1.54, 1.807) is 7.11 Å². The summed E-state index contributed by atoms with van der Waals surface area (Å²) in [6, 6.07) is 27.1. The maximum atomic E-state index is 13.7. The van der Waals surface area contributed by atoms with Crippen LogP contribution in [-0.2, 0) is 11.3 Å². The third-order valence-corrected chi connectivity index (χ3v) is 7.04. The number of rotatable bonds is 5. The molecule has 0 unspecified atom stereocenters. The Hall–Kier alpha value is -3.33. The number of hydrogen-bond acceptors (Lipinski definition) is 2. The summed E-state index contributed by atoms with van der Waals surface area (Å²) >= 11 is 0. The molecule has 162 valence electrons. The molecule has 0 N–H and O–H groups in total. The molecule has 1 aliphatic heterocycles. The lowest BCUT2D eigenvalue weighted by molar-refractivity contribution is -0.134. The first-order valence-corrected chi connectivity index (χ1v) is 11.4. The smallest absolute Gasteiger partial charge is 0.227 e. The Labute approximate surface area is 190 Å². The van der Waals surface area contributed by atoms with Crippen LogP contribution in [0.3, 0.4) is 0 Å². The van der Waals surface area contributed by atoms with Gasteiger partial charge in [-0.1, -0.05) is 85.8 Å². The van der Waals surface area contributed by atoms with Crippen molar-refractivity contribution in [3.8, 4) is 16.9 Å². The molecule has 4 atom stereocenters. The summed E-state index contributed by atoms with van der Waals surface area (Å²) in [5.41, 5.74) is 4.71. The van der Waals surface area contributed by atoms with Gasteiger partial charge < -0.3 is 9.64 Å². The minimum Gasteiger partial charge on any atom is -0.497 e. The van der Waals surface area contributed by atoms with E-state index in [1.165, 1.54) is 16.7 Å². The van der Waals surface area contributed by atoms with Crippen LogP contribution in [0.5, 0.6) is 5.75 Å². The molecule has 0 radical (unpaired) electrons. The van der Waals surface area contributed by atoms with Crippen molar-refractivity contribution in [2.75, 3.05) is 7.11 Å². The van der Waals surface area contributed by atoms with Crippen molar-refractivity contribution >= 4 is 5.91 Å². The standard InChI is InChI=1S/C29H29NO2/c1-20-9-8-14-26-27(20)29(31)30(19-21-10-4-3-5-11-21)28(26)25-13-7-6-12-24(25)22-15-17-23(32-2)18-16-22/h3-8,10-18,20,26-28H,9,19H2,1-2H3/t20-,26-,27+,28+/m1/s1. The number of benzene rings is 3. The van der Waals surface area contributed by atoms with Gasteiger partial charge in [0.1, 0.15) is 5.75 Å². The van der Waals surface area contributed by atoms with E-state index in [4.69, 9.17) is 4.74 Å². The number of methoxy groups -OCH3 is 1. The van der Waals surface area contributed by atoms with Crippen LogP contribution in [0.4, 0.5) is 0 Å². The monoisotopic (exact) mass is 423 g/mol. The van der Waals surface area contributed by atoms with Gasteiger partial charge >= 0.3 is 0 Å². The second kappa shape index (κ2) is 8.66. The lowest BCUT2D eigenvalue weighted by atomic mass is 9.74. The highest BCUT2D eigenvalue weighted by molar-refractivity contribution is 5.84. The fourth-order valence-corrected chi connectivity index (χ4v) is 5.46. The average Bonchev–Trinajstić information content (AvgIpc) is 3.12. The third-order valence-electron chi connectivity index (χ3n) is 7.04. The summed E-state index contributed by atoms with van der Waals surface area (Å²) in [7, 11) is 1.69. The zero-order valence-corrected chi connectivity index (χ0v) is 18.6. The zero-order valence-electron chi connectivity index (χ0n) is 18.6. The number of ether oxygens (including phenoxy) is 1. The molecule has 0 spiro atoms. The Morgan fingerprint density at radius 1 is 0.938 bits per heavy atom. The molecule has 0 saturated carbocycles. The number of hydrogen-bond donors (Lipinski definition) is 0. The number of amides is 1. The van der Waals surface area contributed by atoms with Gasteiger partial charge in [0.25, 0.3) is 0 Å². The van der Waals surface area contributed by atoms with Crippen LogP contribution in [0.2, 0.25) is 0 Å². The molecule has 0 bridgehead atoms. The second-order valence-electron chi connectivity index (χ2n) is 8.96. The lowest BCUT2D eigenvalue weighted by Crippen LogP contribution is -2.30. The molecule has 32 heavy (non-hydrogen) atoms. The van der Waals surface area contributed by atoms with Gasteiger partial charge in [-0.25, -0.2) is 0 Å². The molecular formula is C29H29NO2. The van der Waals surface area contributed by atoms with Crippen LogP contribution in [0, 0.1) is 17.8 Å².